The minimum atomic E-state index is 0.0988. The summed E-state index contributed by atoms with van der Waals surface area (Å²) in [5, 5.41) is 0.385. The molecule has 0 amide bonds. The van der Waals surface area contributed by atoms with Gasteiger partial charge >= 0.3 is 87.9 Å². The fourth-order valence-electron chi connectivity index (χ4n) is 1.27. The van der Waals surface area contributed by atoms with E-state index < -0.39 is 0 Å². The molecule has 2 atom stereocenters. The van der Waals surface area contributed by atoms with E-state index in [2.05, 4.69) is 65.1 Å². The topological polar surface area (TPSA) is 0 Å². The Morgan fingerprint density at radius 3 is 1.92 bits per heavy atom. The molecule has 0 bridgehead atoms. The maximum atomic E-state index is 2.56. The Kier molecular flexibility index (Phi) is 3.30. The van der Waals surface area contributed by atoms with Crippen LogP contribution in [-0.4, -0.2) is 18.7 Å². The second kappa shape index (κ2) is 3.66. The van der Waals surface area contributed by atoms with Gasteiger partial charge in [0.15, 0.2) is 0 Å². The first kappa shape index (κ1) is 11.7. The van der Waals surface area contributed by atoms with Gasteiger partial charge in [-0.25, -0.2) is 0 Å². The average Bonchev–Trinajstić information content (AvgIpc) is 1.73. The van der Waals surface area contributed by atoms with Gasteiger partial charge < -0.3 is 0 Å². The second-order valence-corrected chi connectivity index (χ2v) is 9.82. The van der Waals surface area contributed by atoms with Gasteiger partial charge in [0.05, 0.1) is 0 Å². The van der Waals surface area contributed by atoms with Crippen molar-refractivity contribution >= 4 is 30.1 Å². The fraction of sp³-hybridized carbons (Fsp3) is 1.00. The number of hydrogen-bond donors (Lipinski definition) is 0. The van der Waals surface area contributed by atoms with E-state index in [1.807, 2.05) is 0 Å². The zero-order valence-electron chi connectivity index (χ0n) is 9.59. The van der Waals surface area contributed by atoms with E-state index >= 15 is 0 Å². The van der Waals surface area contributed by atoms with Crippen LogP contribution in [-0.2, 0) is 10.4 Å². The fourth-order valence-corrected chi connectivity index (χ4v) is 7.04. The molecule has 0 saturated heterocycles. The van der Waals surface area contributed by atoms with Crippen LogP contribution in [0, 0.1) is 5.41 Å². The second-order valence-electron chi connectivity index (χ2n) is 5.91. The van der Waals surface area contributed by atoms with Crippen LogP contribution in [0.1, 0.15) is 41.5 Å². The van der Waals surface area contributed by atoms with Crippen molar-refractivity contribution in [1.82, 2.24) is 0 Å². The summed E-state index contributed by atoms with van der Waals surface area (Å²) in [5.74, 6) is 0. The van der Waals surface area contributed by atoms with E-state index in [0.717, 1.165) is 5.56 Å². The van der Waals surface area contributed by atoms with E-state index in [0.29, 0.717) is 10.7 Å². The van der Waals surface area contributed by atoms with Crippen LogP contribution in [0.25, 0.3) is 0 Å². The molecule has 1 radical (unpaired) electrons. The molecule has 0 aromatic heterocycles. The molecular weight excluding hydrogens is 193 g/mol. The Hall–Kier alpha value is 0.650. The van der Waals surface area contributed by atoms with Gasteiger partial charge in [-0.05, 0) is 0 Å². The Morgan fingerprint density at radius 1 is 1.15 bits per heavy atom. The van der Waals surface area contributed by atoms with E-state index in [4.69, 9.17) is 0 Å². The van der Waals surface area contributed by atoms with Crippen LogP contribution in [0.2, 0.25) is 5.31 Å². The van der Waals surface area contributed by atoms with Gasteiger partial charge in [0.1, 0.15) is 0 Å². The third kappa shape index (κ3) is 3.36. The predicted octanol–water partition coefficient (Wildman–Crippen LogP) is 3.31. The van der Waals surface area contributed by atoms with Crippen molar-refractivity contribution in [2.45, 2.75) is 52.4 Å². The van der Waals surface area contributed by atoms with Gasteiger partial charge in [-0.2, -0.15) is 0 Å². The predicted molar refractivity (Wildman–Crippen MR) is 68.8 cm³/mol. The molecule has 0 spiro atoms. The standard InChI is InChI=1S/C9H19B2PS/c1-8(2,3)7-10-13-12(7)11-9(4,5)6/h7H,1-6H3/q+1. The zero-order chi connectivity index (χ0) is 10.3. The molecule has 0 aliphatic carbocycles. The summed E-state index contributed by atoms with van der Waals surface area (Å²) in [4.78, 5) is 0. The van der Waals surface area contributed by atoms with Crippen LogP contribution in [0.4, 0.5) is 0 Å². The van der Waals surface area contributed by atoms with Crippen LogP contribution < -0.4 is 0 Å². The molecule has 0 nitrogen and oxygen atoms in total. The van der Waals surface area contributed by atoms with Crippen molar-refractivity contribution in [1.29, 1.82) is 0 Å². The molecule has 0 N–H and O–H groups in total. The van der Waals surface area contributed by atoms with Crippen molar-refractivity contribution in [2.24, 2.45) is 5.41 Å². The van der Waals surface area contributed by atoms with Crippen molar-refractivity contribution in [3.05, 3.63) is 0 Å². The molecule has 0 aromatic carbocycles. The molecule has 0 saturated carbocycles. The Labute approximate surface area is 88.2 Å². The minimum absolute atomic E-state index is 0.0988. The molecule has 13 heavy (non-hydrogen) atoms. The molecule has 0 fully saturated rings. The molecular formula is C9H19B2PS+. The van der Waals surface area contributed by atoms with E-state index in [9.17, 15) is 0 Å². The van der Waals surface area contributed by atoms with Crippen molar-refractivity contribution < 1.29 is 0 Å². The molecule has 1 aliphatic rings. The Morgan fingerprint density at radius 2 is 1.69 bits per heavy atom. The van der Waals surface area contributed by atoms with E-state index in [1.54, 1.807) is 0 Å². The summed E-state index contributed by atoms with van der Waals surface area (Å²) >= 11 is 0. The van der Waals surface area contributed by atoms with Crippen LogP contribution in [0.15, 0.2) is 0 Å². The Balaban J connectivity index is 2.61. The van der Waals surface area contributed by atoms with Gasteiger partial charge in [0.25, 0.3) is 0 Å². The molecule has 4 heteroatoms. The summed E-state index contributed by atoms with van der Waals surface area (Å²) in [6.07, 6.45) is 2.42. The van der Waals surface area contributed by atoms with Gasteiger partial charge in [0.2, 0.25) is 0 Å². The first-order chi connectivity index (χ1) is 5.70. The molecule has 2 unspecified atom stereocenters. The van der Waals surface area contributed by atoms with Gasteiger partial charge in [-0.3, -0.25) is 0 Å². The maximum absolute atomic E-state index is 2.56. The van der Waals surface area contributed by atoms with Crippen molar-refractivity contribution in [2.75, 3.05) is 0 Å². The van der Waals surface area contributed by atoms with Gasteiger partial charge in [-0.15, -0.1) is 0 Å². The third-order valence-corrected chi connectivity index (χ3v) is 7.42. The molecule has 71 valence electrons. The zero-order valence-corrected chi connectivity index (χ0v) is 11.3. The molecule has 1 rings (SSSR count). The first-order valence-electron chi connectivity index (χ1n) is 4.85. The quantitative estimate of drug-likeness (QED) is 0.461. The summed E-state index contributed by atoms with van der Waals surface area (Å²) in [5.41, 5.74) is 1.28. The Bertz CT molecular complexity index is 266. The number of hydrogen-bond acceptors (Lipinski definition) is 0. The van der Waals surface area contributed by atoms with Crippen molar-refractivity contribution in [3.8, 4) is 0 Å². The summed E-state index contributed by atoms with van der Waals surface area (Å²) in [6, 6.07) is 0. The van der Waals surface area contributed by atoms with Crippen LogP contribution >= 0.6 is 6.58 Å². The molecule has 1 heterocycles. The number of rotatable bonds is 1. The summed E-state index contributed by atoms with van der Waals surface area (Å²) in [7, 11) is 2.05. The first-order valence-corrected chi connectivity index (χ1v) is 7.81. The van der Waals surface area contributed by atoms with E-state index in [-0.39, 0.29) is 6.58 Å². The monoisotopic (exact) mass is 212 g/mol. The van der Waals surface area contributed by atoms with Crippen LogP contribution in [0.3, 0.4) is 0 Å². The molecule has 0 aromatic rings. The average molecular weight is 212 g/mol. The SMILES string of the molecule is CC(C)(C)[B][P+]1=S=BC1C(C)(C)C. The van der Waals surface area contributed by atoms with Gasteiger partial charge in [-0.1, -0.05) is 0 Å². The normalized spacial score (nSPS) is 25.1. The summed E-state index contributed by atoms with van der Waals surface area (Å²) < 4.78 is 0. The van der Waals surface area contributed by atoms with Crippen molar-refractivity contribution in [3.63, 3.8) is 0 Å². The molecule has 1 aliphatic heterocycles. The van der Waals surface area contributed by atoms with Gasteiger partial charge in [0, 0.05) is 0 Å². The van der Waals surface area contributed by atoms with E-state index in [1.165, 1.54) is 0 Å². The third-order valence-electron chi connectivity index (χ3n) is 1.99. The summed E-state index contributed by atoms with van der Waals surface area (Å²) in [6.45, 7) is 16.6. The van der Waals surface area contributed by atoms with Crippen LogP contribution in [0.5, 0.6) is 0 Å².